The zero-order valence-electron chi connectivity index (χ0n) is 15.3. The maximum Gasteiger partial charge on any atom is 0.191 e. The molecule has 146 valence electrons. The summed E-state index contributed by atoms with van der Waals surface area (Å²) in [6.07, 6.45) is 0. The summed E-state index contributed by atoms with van der Waals surface area (Å²) in [5.74, 6) is 2.18. The highest BCUT2D eigenvalue weighted by molar-refractivity contribution is 9.10. The first kappa shape index (κ1) is 21.0. The van der Waals surface area contributed by atoms with Crippen LogP contribution in [0.25, 0.3) is 0 Å². The van der Waals surface area contributed by atoms with Gasteiger partial charge in [-0.05, 0) is 52.5 Å². The van der Waals surface area contributed by atoms with E-state index >= 15 is 0 Å². The van der Waals surface area contributed by atoms with Crippen molar-refractivity contribution in [3.8, 4) is 0 Å². The molecule has 0 radical (unpaired) electrons. The molecule has 0 amide bonds. The third-order valence-corrected chi connectivity index (χ3v) is 6.45. The maximum atomic E-state index is 9.33. The lowest BCUT2D eigenvalue weighted by Gasteiger charge is -2.14. The van der Waals surface area contributed by atoms with Crippen molar-refractivity contribution in [1.29, 1.82) is 0 Å². The summed E-state index contributed by atoms with van der Waals surface area (Å²) < 4.78 is 4.31. The molecule has 28 heavy (non-hydrogen) atoms. The van der Waals surface area contributed by atoms with Gasteiger partial charge < -0.3 is 15.1 Å². The minimum Gasteiger partial charge on any atom is -0.394 e. The van der Waals surface area contributed by atoms with Gasteiger partial charge in [0.25, 0.3) is 0 Å². The Kier molecular flexibility index (Phi) is 8.02. The molecule has 3 rings (SSSR count). The van der Waals surface area contributed by atoms with E-state index in [4.69, 9.17) is 0 Å². The largest absolute Gasteiger partial charge is 0.394 e. The van der Waals surface area contributed by atoms with E-state index in [1.165, 1.54) is 17.5 Å². The zero-order chi connectivity index (χ0) is 19.8. The molecular weight excluding hydrogens is 456 g/mol. The monoisotopic (exact) mass is 476 g/mol. The molecule has 2 aromatic carbocycles. The fourth-order valence-corrected chi connectivity index (χ4v) is 4.24. The van der Waals surface area contributed by atoms with Crippen molar-refractivity contribution in [2.24, 2.45) is 0 Å². The van der Waals surface area contributed by atoms with Crippen LogP contribution in [0.2, 0.25) is 0 Å². The normalized spacial score (nSPS) is 11.8. The summed E-state index contributed by atoms with van der Waals surface area (Å²) in [5.41, 5.74) is 1.22. The van der Waals surface area contributed by atoms with Gasteiger partial charge in [-0.3, -0.25) is 0 Å². The van der Waals surface area contributed by atoms with Crippen LogP contribution in [-0.2, 0) is 5.75 Å². The summed E-state index contributed by atoms with van der Waals surface area (Å²) in [7, 11) is 0. The molecule has 3 aromatic rings. The molecular formula is C20H21BrN4OS2. The van der Waals surface area contributed by atoms with Crippen molar-refractivity contribution >= 4 is 51.3 Å². The molecule has 0 unspecified atom stereocenters. The second-order valence-electron chi connectivity index (χ2n) is 6.06. The average molecular weight is 477 g/mol. The van der Waals surface area contributed by atoms with E-state index in [9.17, 15) is 5.11 Å². The molecule has 0 spiro atoms. The van der Waals surface area contributed by atoms with Crippen LogP contribution in [0.4, 0.5) is 11.6 Å². The number of thioether (sulfide) groups is 1. The number of rotatable bonds is 9. The summed E-state index contributed by atoms with van der Waals surface area (Å²) in [5, 5.41) is 13.2. The minimum absolute atomic E-state index is 0.0327. The predicted molar refractivity (Wildman–Crippen MR) is 122 cm³/mol. The zero-order valence-corrected chi connectivity index (χ0v) is 18.5. The number of hydrogen-bond acceptors (Lipinski definition) is 7. The Bertz CT molecular complexity index is 898. The first-order valence-electron chi connectivity index (χ1n) is 8.74. The number of aliphatic hydroxyl groups is 1. The van der Waals surface area contributed by atoms with Gasteiger partial charge in [0, 0.05) is 27.2 Å². The van der Waals surface area contributed by atoms with E-state index in [0.717, 1.165) is 15.1 Å². The first-order valence-corrected chi connectivity index (χ1v) is 11.3. The lowest BCUT2D eigenvalue weighted by molar-refractivity contribution is 0.281. The number of benzene rings is 2. The Balaban J connectivity index is 1.75. The van der Waals surface area contributed by atoms with Gasteiger partial charge in [0.1, 0.15) is 11.6 Å². The van der Waals surface area contributed by atoms with Gasteiger partial charge >= 0.3 is 0 Å². The minimum atomic E-state index is -0.0920. The first-order chi connectivity index (χ1) is 13.6. The van der Waals surface area contributed by atoms with Gasteiger partial charge in [-0.15, -0.1) is 0 Å². The molecule has 0 aliphatic heterocycles. The number of nitrogens with one attached hydrogen (secondary N) is 2. The molecule has 0 aliphatic rings. The number of nitrogens with zero attached hydrogens (tertiary/aromatic N) is 2. The van der Waals surface area contributed by atoms with Gasteiger partial charge in [-0.1, -0.05) is 54.2 Å². The van der Waals surface area contributed by atoms with Crippen molar-refractivity contribution < 1.29 is 5.11 Å². The van der Waals surface area contributed by atoms with E-state index in [0.29, 0.717) is 16.8 Å². The van der Waals surface area contributed by atoms with E-state index in [2.05, 4.69) is 48.1 Å². The SMILES string of the molecule is C[C@H](CO)Nc1cc(NSc2ccccc2Br)nc(SCc2ccccc2)n1. The average Bonchev–Trinajstić information content (AvgIpc) is 2.72. The summed E-state index contributed by atoms with van der Waals surface area (Å²) in [4.78, 5) is 10.3. The van der Waals surface area contributed by atoms with Crippen LogP contribution < -0.4 is 10.0 Å². The molecule has 1 aromatic heterocycles. The Labute approximate surface area is 182 Å². The molecule has 3 N–H and O–H groups in total. The number of aliphatic hydroxyl groups excluding tert-OH is 1. The van der Waals surface area contributed by atoms with Crippen molar-refractivity contribution in [2.45, 2.75) is 28.8 Å². The molecule has 0 saturated carbocycles. The van der Waals surface area contributed by atoms with Crippen molar-refractivity contribution in [2.75, 3.05) is 16.6 Å². The van der Waals surface area contributed by atoms with Crippen LogP contribution >= 0.6 is 39.6 Å². The third-order valence-electron chi connectivity index (χ3n) is 3.69. The van der Waals surface area contributed by atoms with Crippen LogP contribution in [0.1, 0.15) is 12.5 Å². The lowest BCUT2D eigenvalue weighted by Crippen LogP contribution is -2.20. The number of halogens is 1. The highest BCUT2D eigenvalue weighted by atomic mass is 79.9. The van der Waals surface area contributed by atoms with E-state index < -0.39 is 0 Å². The van der Waals surface area contributed by atoms with Crippen LogP contribution in [-0.4, -0.2) is 27.7 Å². The highest BCUT2D eigenvalue weighted by Gasteiger charge is 2.09. The van der Waals surface area contributed by atoms with Gasteiger partial charge in [-0.25, -0.2) is 9.97 Å². The lowest BCUT2D eigenvalue weighted by atomic mass is 10.2. The molecule has 1 atom stereocenters. The van der Waals surface area contributed by atoms with Gasteiger partial charge in [0.15, 0.2) is 5.16 Å². The fourth-order valence-electron chi connectivity index (χ4n) is 2.27. The smallest absolute Gasteiger partial charge is 0.191 e. The quantitative estimate of drug-likeness (QED) is 0.215. The molecule has 0 aliphatic carbocycles. The standard InChI is InChI=1S/C20H21BrN4OS2/c1-14(12-26)22-18-11-19(25-28-17-10-6-5-9-16(17)21)24-20(23-18)27-13-15-7-3-2-4-8-15/h2-11,14,26H,12-13H2,1H3,(H2,22,23,24,25)/t14-/m1/s1. The number of hydrogen-bond donors (Lipinski definition) is 3. The van der Waals surface area contributed by atoms with Gasteiger partial charge in [0.05, 0.1) is 6.61 Å². The molecule has 8 heteroatoms. The number of anilines is 2. The second-order valence-corrected chi connectivity index (χ2v) is 8.70. The van der Waals surface area contributed by atoms with Crippen LogP contribution in [0.15, 0.2) is 75.2 Å². The Morgan fingerprint density at radius 1 is 1.04 bits per heavy atom. The Morgan fingerprint density at radius 3 is 2.50 bits per heavy atom. The van der Waals surface area contributed by atoms with Crippen molar-refractivity contribution in [3.05, 3.63) is 70.7 Å². The maximum absolute atomic E-state index is 9.33. The topological polar surface area (TPSA) is 70.1 Å². The van der Waals surface area contributed by atoms with Gasteiger partial charge in [0.2, 0.25) is 0 Å². The molecule has 0 bridgehead atoms. The van der Waals surface area contributed by atoms with E-state index in [-0.39, 0.29) is 12.6 Å². The fraction of sp³-hybridized carbons (Fsp3) is 0.200. The van der Waals surface area contributed by atoms with Crippen molar-refractivity contribution in [1.82, 2.24) is 9.97 Å². The predicted octanol–water partition coefficient (Wildman–Crippen LogP) is 5.44. The second kappa shape index (κ2) is 10.7. The summed E-state index contributed by atoms with van der Waals surface area (Å²) in [6, 6.07) is 20.0. The summed E-state index contributed by atoms with van der Waals surface area (Å²) in [6.45, 7) is 1.94. The molecule has 5 nitrogen and oxygen atoms in total. The molecule has 0 saturated heterocycles. The van der Waals surface area contributed by atoms with Crippen LogP contribution in [0.3, 0.4) is 0 Å². The third kappa shape index (κ3) is 6.41. The number of aromatic nitrogens is 2. The molecule has 0 fully saturated rings. The van der Waals surface area contributed by atoms with Crippen molar-refractivity contribution in [3.63, 3.8) is 0 Å². The summed E-state index contributed by atoms with van der Waals surface area (Å²) >= 11 is 6.61. The van der Waals surface area contributed by atoms with Gasteiger partial charge in [-0.2, -0.15) is 0 Å². The highest BCUT2D eigenvalue weighted by Crippen LogP contribution is 2.29. The Hall–Kier alpha value is -1.74. The van der Waals surface area contributed by atoms with E-state index in [1.54, 1.807) is 11.8 Å². The van der Waals surface area contributed by atoms with Crippen LogP contribution in [0, 0.1) is 0 Å². The molecule has 1 heterocycles. The van der Waals surface area contributed by atoms with Crippen LogP contribution in [0.5, 0.6) is 0 Å². The Morgan fingerprint density at radius 2 is 1.75 bits per heavy atom. The van der Waals surface area contributed by atoms with E-state index in [1.807, 2.05) is 55.5 Å².